The monoisotopic (exact) mass is 455 g/mol. The van der Waals surface area contributed by atoms with Gasteiger partial charge in [0.2, 0.25) is 5.91 Å². The van der Waals surface area contributed by atoms with Gasteiger partial charge < -0.3 is 9.88 Å². The van der Waals surface area contributed by atoms with E-state index in [0.29, 0.717) is 5.92 Å². The highest BCUT2D eigenvalue weighted by Gasteiger charge is 2.46. The largest absolute Gasteiger partial charge is 0.325 e. The molecule has 3 aromatic heterocycles. The molecule has 0 bridgehead atoms. The second-order valence-corrected chi connectivity index (χ2v) is 9.73. The zero-order chi connectivity index (χ0) is 23.6. The van der Waals surface area contributed by atoms with Crippen molar-refractivity contribution in [2.75, 3.05) is 5.32 Å². The van der Waals surface area contributed by atoms with Crippen LogP contribution in [0, 0.1) is 12.8 Å². The van der Waals surface area contributed by atoms with Crippen LogP contribution in [-0.4, -0.2) is 35.2 Å². The number of aryl methyl sites for hydroxylation is 2. The molecule has 34 heavy (non-hydrogen) atoms. The number of nitrogens with zero attached hydrogens (tertiary/aromatic N) is 6. The molecule has 1 fully saturated rings. The predicted octanol–water partition coefficient (Wildman–Crippen LogP) is 4.71. The minimum Gasteiger partial charge on any atom is -0.325 e. The van der Waals surface area contributed by atoms with E-state index in [9.17, 15) is 4.79 Å². The first-order chi connectivity index (χ1) is 16.4. The lowest BCUT2D eigenvalue weighted by molar-refractivity contribution is -0.120. The molecule has 1 N–H and O–H groups in total. The molecule has 1 amide bonds. The Balaban J connectivity index is 1.51. The number of hydrogen-bond donors (Lipinski definition) is 1. The van der Waals surface area contributed by atoms with Gasteiger partial charge in [0.25, 0.3) is 0 Å². The number of hydrogen-bond acceptors (Lipinski definition) is 5. The Bertz CT molecular complexity index is 1450. The van der Waals surface area contributed by atoms with E-state index in [1.807, 2.05) is 23.0 Å². The van der Waals surface area contributed by atoms with E-state index in [1.54, 1.807) is 6.33 Å². The number of aromatic nitrogens is 6. The first-order valence-electron chi connectivity index (χ1n) is 12.1. The number of rotatable bonds is 6. The summed E-state index contributed by atoms with van der Waals surface area (Å²) < 4.78 is 4.10. The summed E-state index contributed by atoms with van der Waals surface area (Å²) in [6.07, 6.45) is 6.82. The number of fused-ring (bicyclic) bond motifs is 2. The lowest BCUT2D eigenvalue weighted by atomic mass is 9.78. The fraction of sp³-hybridized carbons (Fsp3) is 0.423. The van der Waals surface area contributed by atoms with E-state index in [0.717, 1.165) is 70.3 Å². The third-order valence-electron chi connectivity index (χ3n) is 7.52. The zero-order valence-corrected chi connectivity index (χ0v) is 20.1. The van der Waals surface area contributed by atoms with E-state index in [-0.39, 0.29) is 5.91 Å². The van der Waals surface area contributed by atoms with E-state index < -0.39 is 5.41 Å². The van der Waals surface area contributed by atoms with Crippen LogP contribution in [-0.2, 0) is 23.3 Å². The summed E-state index contributed by atoms with van der Waals surface area (Å²) in [6.45, 7) is 9.88. The van der Waals surface area contributed by atoms with Gasteiger partial charge in [-0.25, -0.2) is 15.0 Å². The maximum Gasteiger partial charge on any atom is 0.234 e. The number of carbonyl (C=O) groups is 1. The second-order valence-electron chi connectivity index (χ2n) is 9.73. The number of benzene rings is 1. The van der Waals surface area contributed by atoms with Gasteiger partial charge in [0.15, 0.2) is 5.65 Å². The Kier molecular flexibility index (Phi) is 4.62. The lowest BCUT2D eigenvalue weighted by Gasteiger charge is -2.22. The van der Waals surface area contributed by atoms with Gasteiger partial charge in [-0.05, 0) is 57.7 Å². The molecule has 0 spiro atoms. The van der Waals surface area contributed by atoms with Crippen LogP contribution < -0.4 is 5.32 Å². The standard InChI is InChI=1S/C26H29N7O/c1-5-32-23(18-13-29-33(6-2)15(18)3)31-22-21(27-14-28-24(22)32)17-9-10-20-19(11-17)26(4,25(34)30-20)12-16-7-8-16/h9-11,13-14,16H,5-8,12H2,1-4H3,(H,30,34). The maximum atomic E-state index is 12.9. The number of imidazole rings is 1. The zero-order valence-electron chi connectivity index (χ0n) is 20.1. The van der Waals surface area contributed by atoms with E-state index >= 15 is 0 Å². The Morgan fingerprint density at radius 2 is 2.00 bits per heavy atom. The van der Waals surface area contributed by atoms with Crippen molar-refractivity contribution < 1.29 is 4.79 Å². The summed E-state index contributed by atoms with van der Waals surface area (Å²) in [5.41, 5.74) is 6.87. The third kappa shape index (κ3) is 3.01. The van der Waals surface area contributed by atoms with Crippen molar-refractivity contribution in [3.63, 3.8) is 0 Å². The predicted molar refractivity (Wildman–Crippen MR) is 131 cm³/mol. The molecular formula is C26H29N7O. The summed E-state index contributed by atoms with van der Waals surface area (Å²) in [7, 11) is 0. The van der Waals surface area contributed by atoms with Crippen LogP contribution in [0.5, 0.6) is 0 Å². The quantitative estimate of drug-likeness (QED) is 0.454. The number of anilines is 1. The molecule has 1 atom stereocenters. The van der Waals surface area contributed by atoms with Crippen LogP contribution in [0.3, 0.4) is 0 Å². The molecule has 1 aliphatic carbocycles. The summed E-state index contributed by atoms with van der Waals surface area (Å²) in [5.74, 6) is 1.60. The molecule has 1 aromatic carbocycles. The number of amides is 1. The smallest absolute Gasteiger partial charge is 0.234 e. The third-order valence-corrected chi connectivity index (χ3v) is 7.52. The Morgan fingerprint density at radius 3 is 2.71 bits per heavy atom. The minimum absolute atomic E-state index is 0.0975. The molecule has 1 unspecified atom stereocenters. The molecule has 8 heteroatoms. The second kappa shape index (κ2) is 7.48. The van der Waals surface area contributed by atoms with Crippen molar-refractivity contribution in [2.45, 2.75) is 65.5 Å². The average Bonchev–Trinajstić information content (AvgIpc) is 3.37. The van der Waals surface area contributed by atoms with Crippen molar-refractivity contribution in [1.29, 1.82) is 0 Å². The van der Waals surface area contributed by atoms with Crippen molar-refractivity contribution in [3.05, 3.63) is 42.0 Å². The van der Waals surface area contributed by atoms with Crippen LogP contribution in [0.2, 0.25) is 0 Å². The molecule has 8 nitrogen and oxygen atoms in total. The number of carbonyl (C=O) groups excluding carboxylic acids is 1. The van der Waals surface area contributed by atoms with Crippen molar-refractivity contribution in [1.82, 2.24) is 29.3 Å². The molecule has 1 saturated carbocycles. The van der Waals surface area contributed by atoms with Gasteiger partial charge in [-0.15, -0.1) is 0 Å². The first-order valence-corrected chi connectivity index (χ1v) is 12.1. The molecule has 4 heterocycles. The van der Waals surface area contributed by atoms with Crippen molar-refractivity contribution in [2.24, 2.45) is 5.92 Å². The average molecular weight is 456 g/mol. The fourth-order valence-corrected chi connectivity index (χ4v) is 5.38. The SMILES string of the molecule is CCn1ncc(-c2nc3c(-c4ccc5c(c4)C(C)(CC4CC4)C(=O)N5)ncnc3n2CC)c1C. The van der Waals surface area contributed by atoms with Crippen molar-refractivity contribution in [3.8, 4) is 22.6 Å². The van der Waals surface area contributed by atoms with Crippen LogP contribution >= 0.6 is 0 Å². The van der Waals surface area contributed by atoms with E-state index in [2.05, 4.69) is 58.7 Å². The molecule has 6 rings (SSSR count). The summed E-state index contributed by atoms with van der Waals surface area (Å²) in [6, 6.07) is 6.15. The molecular weight excluding hydrogens is 426 g/mol. The summed E-state index contributed by atoms with van der Waals surface area (Å²) in [5, 5.41) is 7.61. The van der Waals surface area contributed by atoms with Crippen LogP contribution in [0.4, 0.5) is 5.69 Å². The fourth-order valence-electron chi connectivity index (χ4n) is 5.38. The van der Waals surface area contributed by atoms with Gasteiger partial charge in [0, 0.05) is 30.0 Å². The van der Waals surface area contributed by atoms with Gasteiger partial charge in [-0.1, -0.05) is 18.9 Å². The molecule has 1 aliphatic heterocycles. The number of nitrogens with one attached hydrogen (secondary N) is 1. The molecule has 4 aromatic rings. The van der Waals surface area contributed by atoms with Gasteiger partial charge in [-0.2, -0.15) is 5.10 Å². The molecule has 174 valence electrons. The topological polar surface area (TPSA) is 90.5 Å². The normalized spacial score (nSPS) is 19.6. The van der Waals surface area contributed by atoms with Crippen LogP contribution in [0.25, 0.3) is 33.8 Å². The van der Waals surface area contributed by atoms with E-state index in [1.165, 1.54) is 12.8 Å². The highest BCUT2D eigenvalue weighted by molar-refractivity contribution is 6.06. The minimum atomic E-state index is -0.502. The van der Waals surface area contributed by atoms with Gasteiger partial charge >= 0.3 is 0 Å². The van der Waals surface area contributed by atoms with Gasteiger partial charge in [0.1, 0.15) is 23.4 Å². The molecule has 2 aliphatic rings. The Hall–Kier alpha value is -3.55. The van der Waals surface area contributed by atoms with E-state index in [4.69, 9.17) is 4.98 Å². The Morgan fingerprint density at radius 1 is 1.18 bits per heavy atom. The molecule has 0 saturated heterocycles. The summed E-state index contributed by atoms with van der Waals surface area (Å²) >= 11 is 0. The highest BCUT2D eigenvalue weighted by Crippen LogP contribution is 2.48. The van der Waals surface area contributed by atoms with Crippen molar-refractivity contribution >= 4 is 22.8 Å². The Labute approximate surface area is 198 Å². The van der Waals surface area contributed by atoms with Gasteiger partial charge in [0.05, 0.1) is 17.2 Å². The molecule has 0 radical (unpaired) electrons. The first kappa shape index (κ1) is 21.0. The van der Waals surface area contributed by atoms with Gasteiger partial charge in [-0.3, -0.25) is 9.48 Å². The highest BCUT2D eigenvalue weighted by atomic mass is 16.2. The summed E-state index contributed by atoms with van der Waals surface area (Å²) in [4.78, 5) is 27.2. The van der Waals surface area contributed by atoms with Crippen LogP contribution in [0.1, 0.15) is 51.3 Å². The van der Waals surface area contributed by atoms with Crippen LogP contribution in [0.15, 0.2) is 30.7 Å². The lowest BCUT2D eigenvalue weighted by Crippen LogP contribution is -2.31. The maximum absolute atomic E-state index is 12.9.